The van der Waals surface area contributed by atoms with Crippen molar-refractivity contribution in [3.8, 4) is 0 Å². The summed E-state index contributed by atoms with van der Waals surface area (Å²) in [5, 5.41) is 2.53. The number of benzene rings is 1. The van der Waals surface area contributed by atoms with Crippen LogP contribution in [0.5, 0.6) is 0 Å². The normalized spacial score (nSPS) is 11.5. The Bertz CT molecular complexity index is 369. The zero-order chi connectivity index (χ0) is 11.4. The lowest BCUT2D eigenvalue weighted by atomic mass is 10.1. The molecule has 3 nitrogen and oxygen atoms in total. The number of halogens is 2. The van der Waals surface area contributed by atoms with E-state index in [1.54, 1.807) is 19.1 Å². The van der Waals surface area contributed by atoms with Gasteiger partial charge in [0.15, 0.2) is 0 Å². The fourth-order valence-corrected chi connectivity index (χ4v) is 1.17. The van der Waals surface area contributed by atoms with Gasteiger partial charge in [0.05, 0.1) is 6.04 Å². The van der Waals surface area contributed by atoms with Gasteiger partial charge in [-0.25, -0.2) is 4.39 Å². The molecule has 16 heavy (non-hydrogen) atoms. The maximum atomic E-state index is 13.3. The molecular weight excluding hydrogens is 231 g/mol. The van der Waals surface area contributed by atoms with Gasteiger partial charge < -0.3 is 11.1 Å². The molecule has 0 aliphatic rings. The van der Waals surface area contributed by atoms with Crippen molar-refractivity contribution in [3.05, 3.63) is 29.6 Å². The molecule has 1 amide bonds. The smallest absolute Gasteiger partial charge is 0.241 e. The minimum atomic E-state index is -0.598. The number of anilines is 1. The second-order valence-electron chi connectivity index (χ2n) is 3.44. The summed E-state index contributed by atoms with van der Waals surface area (Å²) in [6.07, 6.45) is 0.632. The summed E-state index contributed by atoms with van der Waals surface area (Å²) >= 11 is 0. The van der Waals surface area contributed by atoms with Gasteiger partial charge in [-0.1, -0.05) is 13.0 Å². The predicted molar refractivity (Wildman–Crippen MR) is 65.3 cm³/mol. The van der Waals surface area contributed by atoms with Crippen LogP contribution >= 0.6 is 12.4 Å². The Hall–Kier alpha value is -1.13. The van der Waals surface area contributed by atoms with Crippen molar-refractivity contribution in [2.24, 2.45) is 5.73 Å². The standard InChI is InChI=1S/C11H15FN2O.ClH/c1-3-8-4-5-9(6-10(8)12)14-11(15)7(2)13;/h4-7H,3,13H2,1-2H3,(H,14,15);1H/t7-;/m1./s1. The van der Waals surface area contributed by atoms with E-state index >= 15 is 0 Å². The van der Waals surface area contributed by atoms with Crippen LogP contribution in [0.25, 0.3) is 0 Å². The molecule has 5 heteroatoms. The molecule has 0 spiro atoms. The molecular formula is C11H16ClFN2O. The Morgan fingerprint density at radius 3 is 2.62 bits per heavy atom. The number of nitrogens with two attached hydrogens (primary N) is 1. The van der Waals surface area contributed by atoms with Crippen molar-refractivity contribution in [3.63, 3.8) is 0 Å². The van der Waals surface area contributed by atoms with E-state index in [0.29, 0.717) is 17.7 Å². The van der Waals surface area contributed by atoms with Gasteiger partial charge in [0.25, 0.3) is 0 Å². The number of hydrogen-bond acceptors (Lipinski definition) is 2. The van der Waals surface area contributed by atoms with Crippen LogP contribution in [0.1, 0.15) is 19.4 Å². The highest BCUT2D eigenvalue weighted by Crippen LogP contribution is 2.14. The van der Waals surface area contributed by atoms with Crippen LogP contribution in [0.3, 0.4) is 0 Å². The average Bonchev–Trinajstić information content (AvgIpc) is 2.18. The monoisotopic (exact) mass is 246 g/mol. The topological polar surface area (TPSA) is 55.1 Å². The number of carbonyl (C=O) groups excluding carboxylic acids is 1. The first kappa shape index (κ1) is 14.9. The second-order valence-corrected chi connectivity index (χ2v) is 3.44. The zero-order valence-electron chi connectivity index (χ0n) is 9.29. The summed E-state index contributed by atoms with van der Waals surface area (Å²) in [4.78, 5) is 11.2. The molecule has 1 aromatic rings. The fourth-order valence-electron chi connectivity index (χ4n) is 1.17. The van der Waals surface area contributed by atoms with E-state index in [1.165, 1.54) is 6.07 Å². The number of amides is 1. The van der Waals surface area contributed by atoms with Crippen molar-refractivity contribution in [2.45, 2.75) is 26.3 Å². The van der Waals surface area contributed by atoms with E-state index in [-0.39, 0.29) is 24.1 Å². The molecule has 0 bridgehead atoms. The lowest BCUT2D eigenvalue weighted by molar-refractivity contribution is -0.117. The third-order valence-electron chi connectivity index (χ3n) is 2.12. The maximum absolute atomic E-state index is 13.3. The molecule has 3 N–H and O–H groups in total. The molecule has 0 fully saturated rings. The Morgan fingerprint density at radius 1 is 1.56 bits per heavy atom. The summed E-state index contributed by atoms with van der Waals surface area (Å²) in [5.74, 6) is -0.626. The molecule has 90 valence electrons. The van der Waals surface area contributed by atoms with E-state index in [1.807, 2.05) is 6.92 Å². The van der Waals surface area contributed by atoms with Gasteiger partial charge in [-0.3, -0.25) is 4.79 Å². The van der Waals surface area contributed by atoms with Crippen molar-refractivity contribution in [1.82, 2.24) is 0 Å². The number of hydrogen-bond donors (Lipinski definition) is 2. The molecule has 0 saturated heterocycles. The molecule has 0 radical (unpaired) electrons. The van der Waals surface area contributed by atoms with Gasteiger partial charge in [-0.05, 0) is 31.0 Å². The van der Waals surface area contributed by atoms with E-state index in [2.05, 4.69) is 5.32 Å². The average molecular weight is 247 g/mol. The van der Waals surface area contributed by atoms with E-state index in [9.17, 15) is 9.18 Å². The third kappa shape index (κ3) is 3.79. The molecule has 0 aromatic heterocycles. The quantitative estimate of drug-likeness (QED) is 0.858. The van der Waals surface area contributed by atoms with Crippen LogP contribution in [0, 0.1) is 5.82 Å². The molecule has 1 rings (SSSR count). The summed E-state index contributed by atoms with van der Waals surface area (Å²) in [6, 6.07) is 4.03. The molecule has 1 aromatic carbocycles. The van der Waals surface area contributed by atoms with Crippen LogP contribution in [0.15, 0.2) is 18.2 Å². The van der Waals surface area contributed by atoms with E-state index in [4.69, 9.17) is 5.73 Å². The molecule has 1 atom stereocenters. The Morgan fingerprint density at radius 2 is 2.19 bits per heavy atom. The van der Waals surface area contributed by atoms with E-state index < -0.39 is 6.04 Å². The summed E-state index contributed by atoms with van der Waals surface area (Å²) in [6.45, 7) is 3.45. The lowest BCUT2D eigenvalue weighted by Crippen LogP contribution is -2.32. The summed E-state index contributed by atoms with van der Waals surface area (Å²) in [5.41, 5.74) is 6.44. The second kappa shape index (κ2) is 6.45. The highest BCUT2D eigenvalue weighted by molar-refractivity contribution is 5.94. The largest absolute Gasteiger partial charge is 0.325 e. The van der Waals surface area contributed by atoms with Crippen molar-refractivity contribution >= 4 is 24.0 Å². The van der Waals surface area contributed by atoms with Crippen LogP contribution in [-0.4, -0.2) is 11.9 Å². The van der Waals surface area contributed by atoms with Gasteiger partial charge >= 0.3 is 0 Å². The Labute approximate surface area is 101 Å². The minimum Gasteiger partial charge on any atom is -0.325 e. The number of carbonyl (C=O) groups is 1. The first-order valence-corrected chi connectivity index (χ1v) is 4.89. The highest BCUT2D eigenvalue weighted by atomic mass is 35.5. The summed E-state index contributed by atoms with van der Waals surface area (Å²) in [7, 11) is 0. The number of rotatable bonds is 3. The minimum absolute atomic E-state index is 0. The van der Waals surface area contributed by atoms with Crippen LogP contribution < -0.4 is 11.1 Å². The Kier molecular flexibility index (Phi) is 6.00. The van der Waals surface area contributed by atoms with Crippen molar-refractivity contribution in [2.75, 3.05) is 5.32 Å². The highest BCUT2D eigenvalue weighted by Gasteiger charge is 2.08. The fraction of sp³-hybridized carbons (Fsp3) is 0.364. The molecule has 0 aliphatic heterocycles. The van der Waals surface area contributed by atoms with Gasteiger partial charge in [0, 0.05) is 5.69 Å². The SMILES string of the molecule is CCc1ccc(NC(=O)[C@@H](C)N)cc1F.Cl. The first-order chi connectivity index (χ1) is 7.04. The molecule has 0 aliphatic carbocycles. The van der Waals surface area contributed by atoms with Gasteiger partial charge in [0.1, 0.15) is 5.82 Å². The zero-order valence-corrected chi connectivity index (χ0v) is 10.1. The van der Waals surface area contributed by atoms with Gasteiger partial charge in [0.2, 0.25) is 5.91 Å². The number of aryl methyl sites for hydroxylation is 1. The predicted octanol–water partition coefficient (Wildman–Crippen LogP) is 2.10. The third-order valence-corrected chi connectivity index (χ3v) is 2.12. The maximum Gasteiger partial charge on any atom is 0.241 e. The van der Waals surface area contributed by atoms with Crippen LogP contribution in [-0.2, 0) is 11.2 Å². The van der Waals surface area contributed by atoms with Crippen molar-refractivity contribution in [1.29, 1.82) is 0 Å². The molecule has 0 saturated carbocycles. The van der Waals surface area contributed by atoms with Crippen LogP contribution in [0.4, 0.5) is 10.1 Å². The lowest BCUT2D eigenvalue weighted by Gasteiger charge is -2.08. The molecule has 0 heterocycles. The first-order valence-electron chi connectivity index (χ1n) is 4.89. The van der Waals surface area contributed by atoms with Gasteiger partial charge in [-0.15, -0.1) is 12.4 Å². The summed E-state index contributed by atoms with van der Waals surface area (Å²) < 4.78 is 13.3. The number of nitrogens with one attached hydrogen (secondary N) is 1. The van der Waals surface area contributed by atoms with Gasteiger partial charge in [-0.2, -0.15) is 0 Å². The Balaban J connectivity index is 0.00000225. The van der Waals surface area contributed by atoms with Crippen LogP contribution in [0.2, 0.25) is 0 Å². The van der Waals surface area contributed by atoms with E-state index in [0.717, 1.165) is 0 Å². The van der Waals surface area contributed by atoms with Crippen molar-refractivity contribution < 1.29 is 9.18 Å². The molecule has 0 unspecified atom stereocenters.